The molecule has 1 aromatic carbocycles. The first-order valence-corrected chi connectivity index (χ1v) is 7.79. The smallest absolute Gasteiger partial charge is 0.232 e. The molecule has 1 aromatic heterocycles. The largest absolute Gasteiger partial charge is 0.338 e. The predicted molar refractivity (Wildman–Crippen MR) is 83.3 cm³/mol. The van der Waals surface area contributed by atoms with Crippen LogP contribution in [0.1, 0.15) is 23.0 Å². The summed E-state index contributed by atoms with van der Waals surface area (Å²) < 4.78 is 0. The quantitative estimate of drug-likeness (QED) is 0.940. The fraction of sp³-hybridized carbons (Fsp3) is 0.333. The molecule has 3 rings (SSSR count). The van der Waals surface area contributed by atoms with E-state index in [2.05, 4.69) is 15.5 Å². The van der Waals surface area contributed by atoms with Crippen LogP contribution in [0.4, 0.5) is 5.13 Å². The van der Waals surface area contributed by atoms with E-state index in [4.69, 9.17) is 0 Å². The first-order valence-electron chi connectivity index (χ1n) is 6.98. The first-order chi connectivity index (χ1) is 10.6. The standard InChI is InChI=1S/C15H16N4O2S/c1-9-17-18-15(22-9)16-14(21)11-8-12(20)19(2)13(11)10-6-4-3-5-7-10/h3-7,11,13H,8H2,1-2H3,(H,16,18,21)/t11-,13-/m0/s1. The zero-order valence-corrected chi connectivity index (χ0v) is 13.1. The Hall–Kier alpha value is -2.28. The lowest BCUT2D eigenvalue weighted by molar-refractivity contribution is -0.127. The van der Waals surface area contributed by atoms with Crippen LogP contribution in [-0.2, 0) is 9.59 Å². The molecule has 6 nitrogen and oxygen atoms in total. The van der Waals surface area contributed by atoms with E-state index in [0.29, 0.717) is 5.13 Å². The van der Waals surface area contributed by atoms with Crippen molar-refractivity contribution in [3.8, 4) is 0 Å². The molecule has 0 radical (unpaired) electrons. The van der Waals surface area contributed by atoms with Crippen LogP contribution in [0.15, 0.2) is 30.3 Å². The summed E-state index contributed by atoms with van der Waals surface area (Å²) in [6.45, 7) is 1.83. The molecule has 2 atom stereocenters. The predicted octanol–water partition coefficient (Wildman–Crippen LogP) is 2.00. The molecule has 2 amide bonds. The SMILES string of the molecule is Cc1nnc(NC(=O)[C@H]2CC(=O)N(C)[C@H]2c2ccccc2)s1. The fourth-order valence-corrected chi connectivity index (χ4v) is 3.35. The van der Waals surface area contributed by atoms with Crippen LogP contribution in [0.25, 0.3) is 0 Å². The second-order valence-electron chi connectivity index (χ2n) is 5.29. The maximum atomic E-state index is 12.5. The van der Waals surface area contributed by atoms with Gasteiger partial charge in [-0.15, -0.1) is 10.2 Å². The Bertz CT molecular complexity index is 701. The van der Waals surface area contributed by atoms with Crippen LogP contribution in [0, 0.1) is 12.8 Å². The molecule has 1 N–H and O–H groups in total. The molecular weight excluding hydrogens is 300 g/mol. The number of hydrogen-bond donors (Lipinski definition) is 1. The van der Waals surface area contributed by atoms with Gasteiger partial charge in [0.15, 0.2) is 0 Å². The number of carbonyl (C=O) groups excluding carboxylic acids is 2. The van der Waals surface area contributed by atoms with Gasteiger partial charge in [-0.3, -0.25) is 9.59 Å². The summed E-state index contributed by atoms with van der Waals surface area (Å²) in [7, 11) is 1.74. The Labute approximate surface area is 132 Å². The molecule has 0 spiro atoms. The monoisotopic (exact) mass is 316 g/mol. The number of nitrogens with zero attached hydrogens (tertiary/aromatic N) is 3. The van der Waals surface area contributed by atoms with Crippen LogP contribution < -0.4 is 5.32 Å². The van der Waals surface area contributed by atoms with Gasteiger partial charge >= 0.3 is 0 Å². The lowest BCUT2D eigenvalue weighted by atomic mass is 9.93. The second-order valence-corrected chi connectivity index (χ2v) is 6.47. The maximum Gasteiger partial charge on any atom is 0.232 e. The lowest BCUT2D eigenvalue weighted by Crippen LogP contribution is -2.29. The molecule has 1 aliphatic rings. The van der Waals surface area contributed by atoms with Crippen LogP contribution >= 0.6 is 11.3 Å². The third-order valence-corrected chi connectivity index (χ3v) is 4.57. The Morgan fingerprint density at radius 3 is 2.68 bits per heavy atom. The summed E-state index contributed by atoms with van der Waals surface area (Å²) >= 11 is 1.32. The van der Waals surface area contributed by atoms with Crippen LogP contribution in [0.3, 0.4) is 0 Å². The molecule has 2 aromatic rings. The number of amides is 2. The van der Waals surface area contributed by atoms with E-state index < -0.39 is 5.92 Å². The Kier molecular flexibility index (Phi) is 3.89. The van der Waals surface area contributed by atoms with Crippen molar-refractivity contribution in [2.45, 2.75) is 19.4 Å². The van der Waals surface area contributed by atoms with Gasteiger partial charge in [0.2, 0.25) is 16.9 Å². The molecule has 0 saturated carbocycles. The van der Waals surface area contributed by atoms with E-state index in [1.54, 1.807) is 11.9 Å². The average molecular weight is 316 g/mol. The van der Waals surface area contributed by atoms with E-state index in [-0.39, 0.29) is 24.3 Å². The normalized spacial score (nSPS) is 21.2. The minimum absolute atomic E-state index is 0.0255. The minimum atomic E-state index is -0.427. The van der Waals surface area contributed by atoms with Crippen molar-refractivity contribution >= 4 is 28.3 Å². The van der Waals surface area contributed by atoms with Gasteiger partial charge in [0.1, 0.15) is 5.01 Å². The summed E-state index contributed by atoms with van der Waals surface area (Å²) in [6, 6.07) is 9.37. The van der Waals surface area contributed by atoms with Gasteiger partial charge < -0.3 is 10.2 Å². The van der Waals surface area contributed by atoms with Crippen molar-refractivity contribution in [3.05, 3.63) is 40.9 Å². The van der Waals surface area contributed by atoms with Crippen LogP contribution in [0.5, 0.6) is 0 Å². The van der Waals surface area contributed by atoms with E-state index in [1.165, 1.54) is 11.3 Å². The van der Waals surface area contributed by atoms with Gasteiger partial charge in [0.25, 0.3) is 0 Å². The van der Waals surface area contributed by atoms with Gasteiger partial charge in [-0.1, -0.05) is 41.7 Å². The highest BCUT2D eigenvalue weighted by Crippen LogP contribution is 2.37. The molecular formula is C15H16N4O2S. The highest BCUT2D eigenvalue weighted by Gasteiger charge is 2.42. The molecule has 114 valence electrons. The molecule has 0 unspecified atom stereocenters. The molecule has 22 heavy (non-hydrogen) atoms. The number of aryl methyl sites for hydroxylation is 1. The number of nitrogens with one attached hydrogen (secondary N) is 1. The number of rotatable bonds is 3. The lowest BCUT2D eigenvalue weighted by Gasteiger charge is -2.24. The molecule has 0 aliphatic carbocycles. The third kappa shape index (κ3) is 2.71. The maximum absolute atomic E-state index is 12.5. The summed E-state index contributed by atoms with van der Waals surface area (Å²) in [5.41, 5.74) is 0.962. The zero-order valence-electron chi connectivity index (χ0n) is 12.3. The molecule has 1 aliphatic heterocycles. The molecule has 1 fully saturated rings. The molecule has 0 bridgehead atoms. The highest BCUT2D eigenvalue weighted by atomic mass is 32.1. The van der Waals surface area contributed by atoms with Crippen LogP contribution in [0.2, 0.25) is 0 Å². The third-order valence-electron chi connectivity index (χ3n) is 3.82. The van der Waals surface area contributed by atoms with Crippen molar-refractivity contribution in [2.75, 3.05) is 12.4 Å². The van der Waals surface area contributed by atoms with Crippen molar-refractivity contribution in [1.29, 1.82) is 0 Å². The highest BCUT2D eigenvalue weighted by molar-refractivity contribution is 7.15. The summed E-state index contributed by atoms with van der Waals surface area (Å²) in [5.74, 6) is -0.644. The number of anilines is 1. The van der Waals surface area contributed by atoms with Gasteiger partial charge in [-0.25, -0.2) is 0 Å². The van der Waals surface area contributed by atoms with Gasteiger partial charge in [-0.2, -0.15) is 0 Å². The minimum Gasteiger partial charge on any atom is -0.338 e. The van der Waals surface area contributed by atoms with Crippen molar-refractivity contribution in [3.63, 3.8) is 0 Å². The van der Waals surface area contributed by atoms with E-state index in [1.807, 2.05) is 37.3 Å². The number of carbonyl (C=O) groups is 2. The fourth-order valence-electron chi connectivity index (χ4n) is 2.76. The Morgan fingerprint density at radius 1 is 1.32 bits per heavy atom. The van der Waals surface area contributed by atoms with E-state index in [9.17, 15) is 9.59 Å². The Balaban J connectivity index is 1.84. The summed E-state index contributed by atoms with van der Waals surface area (Å²) in [5, 5.41) is 11.8. The van der Waals surface area contributed by atoms with Crippen molar-refractivity contribution in [1.82, 2.24) is 15.1 Å². The first kappa shape index (κ1) is 14.6. The van der Waals surface area contributed by atoms with Crippen molar-refractivity contribution in [2.24, 2.45) is 5.92 Å². The van der Waals surface area contributed by atoms with E-state index >= 15 is 0 Å². The van der Waals surface area contributed by atoms with E-state index in [0.717, 1.165) is 10.6 Å². The Morgan fingerprint density at radius 2 is 2.05 bits per heavy atom. The van der Waals surface area contributed by atoms with Crippen molar-refractivity contribution < 1.29 is 9.59 Å². The second kappa shape index (κ2) is 5.84. The number of aromatic nitrogens is 2. The summed E-state index contributed by atoms with van der Waals surface area (Å²) in [4.78, 5) is 26.2. The van der Waals surface area contributed by atoms with Gasteiger partial charge in [-0.05, 0) is 12.5 Å². The molecule has 7 heteroatoms. The number of hydrogen-bond acceptors (Lipinski definition) is 5. The average Bonchev–Trinajstić information content (AvgIpc) is 3.04. The van der Waals surface area contributed by atoms with Gasteiger partial charge in [0, 0.05) is 13.5 Å². The van der Waals surface area contributed by atoms with Crippen LogP contribution in [-0.4, -0.2) is 34.0 Å². The number of likely N-dealkylation sites (tertiary alicyclic amines) is 1. The topological polar surface area (TPSA) is 75.2 Å². The zero-order chi connectivity index (χ0) is 15.7. The molecule has 2 heterocycles. The van der Waals surface area contributed by atoms with Gasteiger partial charge in [0.05, 0.1) is 12.0 Å². The summed E-state index contributed by atoms with van der Waals surface area (Å²) in [6.07, 6.45) is 0.208. The molecule has 1 saturated heterocycles. The number of benzene rings is 1.